The topological polar surface area (TPSA) is 40.5 Å². The normalized spacial score (nSPS) is 13.0. The first-order chi connectivity index (χ1) is 5.11. The second-order valence-corrected chi connectivity index (χ2v) is 3.62. The van der Waals surface area contributed by atoms with Crippen molar-refractivity contribution in [2.75, 3.05) is 0 Å². The molecule has 1 aromatic carbocycles. The average Bonchev–Trinajstić information content (AvgIpc) is 1.85. The second kappa shape index (κ2) is 3.40. The number of aromatic hydroxyl groups is 1. The van der Waals surface area contributed by atoms with E-state index < -0.39 is 6.10 Å². The third-order valence-electron chi connectivity index (χ3n) is 1.44. The van der Waals surface area contributed by atoms with E-state index in [1.807, 2.05) is 6.07 Å². The lowest BCUT2D eigenvalue weighted by Crippen LogP contribution is -1.91. The van der Waals surface area contributed by atoms with Gasteiger partial charge in [0.1, 0.15) is 5.75 Å². The number of aliphatic hydroxyl groups excluding tert-OH is 1. The molecule has 1 rings (SSSR count). The van der Waals surface area contributed by atoms with Gasteiger partial charge in [0, 0.05) is 9.13 Å². The Kier molecular flexibility index (Phi) is 2.72. The molecule has 0 aromatic heterocycles. The summed E-state index contributed by atoms with van der Waals surface area (Å²) in [6.45, 7) is 1.63. The highest BCUT2D eigenvalue weighted by molar-refractivity contribution is 14.1. The molecular formula is C8H9IO2. The predicted octanol–water partition coefficient (Wildman–Crippen LogP) is 2.05. The first-order valence-electron chi connectivity index (χ1n) is 3.27. The van der Waals surface area contributed by atoms with Crippen molar-refractivity contribution in [1.29, 1.82) is 0 Å². The fourth-order valence-corrected chi connectivity index (χ4v) is 1.34. The molecule has 2 nitrogen and oxygen atoms in total. The summed E-state index contributed by atoms with van der Waals surface area (Å²) in [7, 11) is 0. The van der Waals surface area contributed by atoms with E-state index in [0.717, 1.165) is 3.57 Å². The van der Waals surface area contributed by atoms with E-state index >= 15 is 0 Å². The maximum atomic E-state index is 9.30. The van der Waals surface area contributed by atoms with Gasteiger partial charge in [-0.3, -0.25) is 0 Å². The van der Waals surface area contributed by atoms with Crippen molar-refractivity contribution >= 4 is 22.6 Å². The van der Waals surface area contributed by atoms with Gasteiger partial charge in [-0.15, -0.1) is 0 Å². The fraction of sp³-hybridized carbons (Fsp3) is 0.250. The maximum absolute atomic E-state index is 9.30. The van der Waals surface area contributed by atoms with Crippen LogP contribution in [0.15, 0.2) is 18.2 Å². The first kappa shape index (κ1) is 8.80. The fourth-order valence-electron chi connectivity index (χ4n) is 0.870. The van der Waals surface area contributed by atoms with Gasteiger partial charge < -0.3 is 10.2 Å². The molecule has 0 amide bonds. The van der Waals surface area contributed by atoms with Crippen LogP contribution in [0.2, 0.25) is 0 Å². The van der Waals surface area contributed by atoms with Crippen molar-refractivity contribution in [3.63, 3.8) is 0 Å². The van der Waals surface area contributed by atoms with Gasteiger partial charge in [0.2, 0.25) is 0 Å². The van der Waals surface area contributed by atoms with Gasteiger partial charge in [0.25, 0.3) is 0 Å². The standard InChI is InChI=1S/C8H9IO2/c1-5(10)7-3-2-6(9)4-8(7)11/h2-5,10-11H,1H3. The highest BCUT2D eigenvalue weighted by atomic mass is 127. The molecule has 0 radical (unpaired) electrons. The molecule has 0 aliphatic carbocycles. The summed E-state index contributed by atoms with van der Waals surface area (Å²) in [6, 6.07) is 5.20. The van der Waals surface area contributed by atoms with Gasteiger partial charge in [-0.1, -0.05) is 6.07 Å². The zero-order valence-corrected chi connectivity index (χ0v) is 8.24. The third-order valence-corrected chi connectivity index (χ3v) is 2.11. The Balaban J connectivity index is 3.09. The molecule has 3 heteroatoms. The van der Waals surface area contributed by atoms with Crippen LogP contribution in [0, 0.1) is 3.57 Å². The van der Waals surface area contributed by atoms with Crippen molar-refractivity contribution in [3.05, 3.63) is 27.3 Å². The lowest BCUT2D eigenvalue weighted by Gasteiger charge is -2.06. The van der Waals surface area contributed by atoms with E-state index in [0.29, 0.717) is 5.56 Å². The number of phenolic OH excluding ortho intramolecular Hbond substituents is 1. The van der Waals surface area contributed by atoms with E-state index in [-0.39, 0.29) is 5.75 Å². The van der Waals surface area contributed by atoms with Crippen molar-refractivity contribution in [1.82, 2.24) is 0 Å². The molecule has 1 unspecified atom stereocenters. The van der Waals surface area contributed by atoms with Crippen LogP contribution in [-0.2, 0) is 0 Å². The zero-order chi connectivity index (χ0) is 8.43. The largest absolute Gasteiger partial charge is 0.508 e. The zero-order valence-electron chi connectivity index (χ0n) is 6.08. The highest BCUT2D eigenvalue weighted by Gasteiger charge is 2.05. The summed E-state index contributed by atoms with van der Waals surface area (Å²) < 4.78 is 0.963. The van der Waals surface area contributed by atoms with Crippen LogP contribution in [0.25, 0.3) is 0 Å². The lowest BCUT2D eigenvalue weighted by atomic mass is 10.1. The Bertz CT molecular complexity index is 258. The van der Waals surface area contributed by atoms with Crippen LogP contribution in [0.3, 0.4) is 0 Å². The molecule has 0 bridgehead atoms. The van der Waals surface area contributed by atoms with Gasteiger partial charge in [-0.2, -0.15) is 0 Å². The summed E-state index contributed by atoms with van der Waals surface area (Å²) in [5.74, 6) is 0.159. The molecule has 11 heavy (non-hydrogen) atoms. The van der Waals surface area contributed by atoms with Crippen LogP contribution >= 0.6 is 22.6 Å². The van der Waals surface area contributed by atoms with E-state index in [9.17, 15) is 5.11 Å². The summed E-state index contributed by atoms with van der Waals surface area (Å²) in [4.78, 5) is 0. The molecule has 0 aliphatic rings. The first-order valence-corrected chi connectivity index (χ1v) is 4.35. The van der Waals surface area contributed by atoms with Crippen LogP contribution in [0.1, 0.15) is 18.6 Å². The van der Waals surface area contributed by atoms with E-state index in [1.54, 1.807) is 19.1 Å². The molecule has 1 atom stereocenters. The number of aliphatic hydroxyl groups is 1. The molecule has 2 N–H and O–H groups in total. The monoisotopic (exact) mass is 264 g/mol. The number of benzene rings is 1. The number of hydrogen-bond acceptors (Lipinski definition) is 2. The minimum absolute atomic E-state index is 0.159. The Morgan fingerprint density at radius 2 is 2.09 bits per heavy atom. The van der Waals surface area contributed by atoms with E-state index in [4.69, 9.17) is 5.11 Å². The Morgan fingerprint density at radius 1 is 1.45 bits per heavy atom. The van der Waals surface area contributed by atoms with E-state index in [1.165, 1.54) is 0 Å². The van der Waals surface area contributed by atoms with Crippen LogP contribution in [0.5, 0.6) is 5.75 Å². The number of rotatable bonds is 1. The molecule has 0 heterocycles. The second-order valence-electron chi connectivity index (χ2n) is 2.38. The van der Waals surface area contributed by atoms with Gasteiger partial charge in [-0.25, -0.2) is 0 Å². The van der Waals surface area contributed by atoms with Crippen molar-refractivity contribution in [2.24, 2.45) is 0 Å². The number of hydrogen-bond donors (Lipinski definition) is 2. The van der Waals surface area contributed by atoms with Crippen LogP contribution in [0.4, 0.5) is 0 Å². The summed E-state index contributed by atoms with van der Waals surface area (Å²) >= 11 is 2.10. The molecule has 0 aliphatic heterocycles. The van der Waals surface area contributed by atoms with Crippen molar-refractivity contribution in [2.45, 2.75) is 13.0 Å². The number of halogens is 1. The molecule has 0 saturated carbocycles. The lowest BCUT2D eigenvalue weighted by molar-refractivity contribution is 0.195. The Morgan fingerprint density at radius 3 is 2.55 bits per heavy atom. The SMILES string of the molecule is CC(O)c1ccc(I)cc1O. The Hall–Kier alpha value is -0.290. The minimum atomic E-state index is -0.605. The van der Waals surface area contributed by atoms with E-state index in [2.05, 4.69) is 22.6 Å². The predicted molar refractivity (Wildman–Crippen MR) is 51.5 cm³/mol. The molecule has 0 saturated heterocycles. The maximum Gasteiger partial charge on any atom is 0.122 e. The summed E-state index contributed by atoms with van der Waals surface area (Å²) in [5.41, 5.74) is 0.574. The van der Waals surface area contributed by atoms with Crippen LogP contribution < -0.4 is 0 Å². The molecular weight excluding hydrogens is 255 g/mol. The van der Waals surface area contributed by atoms with Gasteiger partial charge >= 0.3 is 0 Å². The quantitative estimate of drug-likeness (QED) is 0.762. The summed E-state index contributed by atoms with van der Waals surface area (Å²) in [6.07, 6.45) is -0.605. The summed E-state index contributed by atoms with van der Waals surface area (Å²) in [5, 5.41) is 18.4. The van der Waals surface area contributed by atoms with Crippen molar-refractivity contribution < 1.29 is 10.2 Å². The molecule has 0 spiro atoms. The molecule has 0 fully saturated rings. The molecule has 60 valence electrons. The van der Waals surface area contributed by atoms with Gasteiger partial charge in [0.05, 0.1) is 6.10 Å². The Labute approximate surface area is 79.0 Å². The third kappa shape index (κ3) is 2.07. The number of phenols is 1. The van der Waals surface area contributed by atoms with Crippen molar-refractivity contribution in [3.8, 4) is 5.75 Å². The highest BCUT2D eigenvalue weighted by Crippen LogP contribution is 2.25. The van der Waals surface area contributed by atoms with Gasteiger partial charge in [0.15, 0.2) is 0 Å². The van der Waals surface area contributed by atoms with Gasteiger partial charge in [-0.05, 0) is 41.6 Å². The van der Waals surface area contributed by atoms with Crippen LogP contribution in [-0.4, -0.2) is 10.2 Å². The molecule has 1 aromatic rings. The smallest absolute Gasteiger partial charge is 0.122 e. The minimum Gasteiger partial charge on any atom is -0.508 e. The average molecular weight is 264 g/mol.